The molecule has 1 amide bonds. The molecule has 5 nitrogen and oxygen atoms in total. The summed E-state index contributed by atoms with van der Waals surface area (Å²) in [6.45, 7) is 3.90. The summed E-state index contributed by atoms with van der Waals surface area (Å²) in [6.07, 6.45) is 0.853. The molecule has 0 aliphatic carbocycles. The smallest absolute Gasteiger partial charge is 0.344 e. The van der Waals surface area contributed by atoms with Crippen LogP contribution < -0.4 is 4.74 Å². The van der Waals surface area contributed by atoms with E-state index < -0.39 is 12.1 Å². The van der Waals surface area contributed by atoms with Gasteiger partial charge in [-0.05, 0) is 37.6 Å². The van der Waals surface area contributed by atoms with Gasteiger partial charge < -0.3 is 9.84 Å². The van der Waals surface area contributed by atoms with Gasteiger partial charge in [-0.25, -0.2) is 4.79 Å². The van der Waals surface area contributed by atoms with E-state index in [-0.39, 0.29) is 5.91 Å². The van der Waals surface area contributed by atoms with Gasteiger partial charge in [0.2, 0.25) is 0 Å². The standard InChI is InChI=1S/C15H15NO4S2/c1-3-16-13(17)12(22-15(16)21)8-10-4-6-11(7-5-10)20-9(2)14(18)19/h4-9H,3H2,1-2H3,(H,18,19)/b12-8+. The lowest BCUT2D eigenvalue weighted by molar-refractivity contribution is -0.144. The van der Waals surface area contributed by atoms with Gasteiger partial charge in [0.15, 0.2) is 6.10 Å². The van der Waals surface area contributed by atoms with Crippen molar-refractivity contribution in [1.29, 1.82) is 0 Å². The van der Waals surface area contributed by atoms with E-state index in [4.69, 9.17) is 22.1 Å². The lowest BCUT2D eigenvalue weighted by atomic mass is 10.2. The normalized spacial score (nSPS) is 17.9. The number of nitrogens with zero attached hydrogens (tertiary/aromatic N) is 1. The minimum absolute atomic E-state index is 0.0858. The van der Waals surface area contributed by atoms with Gasteiger partial charge in [0, 0.05) is 6.54 Å². The maximum atomic E-state index is 12.1. The fourth-order valence-electron chi connectivity index (χ4n) is 1.82. The predicted octanol–water partition coefficient (Wildman–Crippen LogP) is 2.76. The Hall–Kier alpha value is -1.86. The van der Waals surface area contributed by atoms with Crippen LogP contribution in [0.1, 0.15) is 19.4 Å². The molecule has 1 aromatic rings. The van der Waals surface area contributed by atoms with E-state index in [1.54, 1.807) is 35.2 Å². The first-order valence-corrected chi connectivity index (χ1v) is 7.89. The second-order valence-electron chi connectivity index (χ2n) is 4.59. The summed E-state index contributed by atoms with van der Waals surface area (Å²) in [6, 6.07) is 6.88. The Bertz CT molecular complexity index is 639. The van der Waals surface area contributed by atoms with Crippen molar-refractivity contribution in [2.24, 2.45) is 0 Å². The van der Waals surface area contributed by atoms with Crippen molar-refractivity contribution in [3.63, 3.8) is 0 Å². The quantitative estimate of drug-likeness (QED) is 0.658. The number of thioether (sulfide) groups is 1. The average Bonchev–Trinajstić information content (AvgIpc) is 2.74. The van der Waals surface area contributed by atoms with Crippen molar-refractivity contribution in [2.75, 3.05) is 6.54 Å². The van der Waals surface area contributed by atoms with Crippen LogP contribution >= 0.6 is 24.0 Å². The number of likely N-dealkylation sites (N-methyl/N-ethyl adjacent to an activating group) is 1. The fraction of sp³-hybridized carbons (Fsp3) is 0.267. The molecule has 1 heterocycles. The molecule has 7 heteroatoms. The number of thiocarbonyl (C=S) groups is 1. The van der Waals surface area contributed by atoms with Gasteiger partial charge >= 0.3 is 5.97 Å². The van der Waals surface area contributed by atoms with E-state index in [0.717, 1.165) is 5.56 Å². The molecule has 116 valence electrons. The van der Waals surface area contributed by atoms with Crippen LogP contribution in [0.15, 0.2) is 29.2 Å². The summed E-state index contributed by atoms with van der Waals surface area (Å²) in [5.41, 5.74) is 0.826. The van der Waals surface area contributed by atoms with E-state index in [0.29, 0.717) is 21.5 Å². The highest BCUT2D eigenvalue weighted by Crippen LogP contribution is 2.32. The van der Waals surface area contributed by atoms with Crippen LogP contribution in [0.2, 0.25) is 0 Å². The summed E-state index contributed by atoms with van der Waals surface area (Å²) in [4.78, 5) is 25.0. The van der Waals surface area contributed by atoms with Gasteiger partial charge in [0.05, 0.1) is 4.91 Å². The maximum Gasteiger partial charge on any atom is 0.344 e. The van der Waals surface area contributed by atoms with Gasteiger partial charge in [-0.15, -0.1) is 0 Å². The van der Waals surface area contributed by atoms with Crippen LogP contribution in [0.5, 0.6) is 5.75 Å². The Morgan fingerprint density at radius 2 is 2.09 bits per heavy atom. The Morgan fingerprint density at radius 1 is 1.45 bits per heavy atom. The summed E-state index contributed by atoms with van der Waals surface area (Å²) in [7, 11) is 0. The molecule has 2 rings (SSSR count). The third-order valence-electron chi connectivity index (χ3n) is 3.03. The molecule has 1 atom stereocenters. The number of rotatable bonds is 5. The number of amides is 1. The SMILES string of the molecule is CCN1C(=O)/C(=C\c2ccc(OC(C)C(=O)O)cc2)SC1=S. The number of carboxylic acid groups (broad SMARTS) is 1. The molecule has 0 radical (unpaired) electrons. The van der Waals surface area contributed by atoms with Gasteiger partial charge in [0.1, 0.15) is 10.1 Å². The van der Waals surface area contributed by atoms with E-state index in [2.05, 4.69) is 0 Å². The highest BCUT2D eigenvalue weighted by atomic mass is 32.2. The van der Waals surface area contributed by atoms with Crippen molar-refractivity contribution in [1.82, 2.24) is 4.90 Å². The number of hydrogen-bond donors (Lipinski definition) is 1. The van der Waals surface area contributed by atoms with E-state index in [9.17, 15) is 9.59 Å². The molecule has 1 fully saturated rings. The Labute approximate surface area is 137 Å². The Balaban J connectivity index is 2.12. The van der Waals surface area contributed by atoms with Gasteiger partial charge in [-0.3, -0.25) is 9.69 Å². The molecule has 0 bridgehead atoms. The zero-order chi connectivity index (χ0) is 16.3. The first-order valence-electron chi connectivity index (χ1n) is 6.67. The summed E-state index contributed by atoms with van der Waals surface area (Å²) < 4.78 is 5.82. The largest absolute Gasteiger partial charge is 0.479 e. The number of carbonyl (C=O) groups excluding carboxylic acids is 1. The molecule has 22 heavy (non-hydrogen) atoms. The molecule has 1 N–H and O–H groups in total. The van der Waals surface area contributed by atoms with Crippen molar-refractivity contribution < 1.29 is 19.4 Å². The van der Waals surface area contributed by atoms with Crippen molar-refractivity contribution >= 4 is 46.3 Å². The molecule has 0 saturated carbocycles. The Morgan fingerprint density at radius 3 is 2.59 bits per heavy atom. The topological polar surface area (TPSA) is 66.8 Å². The summed E-state index contributed by atoms with van der Waals surface area (Å²) >= 11 is 6.43. The molecule has 1 aliphatic rings. The number of ether oxygens (including phenoxy) is 1. The van der Waals surface area contributed by atoms with Crippen LogP contribution in [-0.2, 0) is 9.59 Å². The number of carboxylic acids is 1. The molecule has 1 saturated heterocycles. The van der Waals surface area contributed by atoms with Gasteiger partial charge in [-0.2, -0.15) is 0 Å². The van der Waals surface area contributed by atoms with Gasteiger partial charge in [0.25, 0.3) is 5.91 Å². The predicted molar refractivity (Wildman–Crippen MR) is 89.7 cm³/mol. The van der Waals surface area contributed by atoms with E-state index in [1.165, 1.54) is 18.7 Å². The van der Waals surface area contributed by atoms with Crippen LogP contribution in [0.4, 0.5) is 0 Å². The lowest BCUT2D eigenvalue weighted by Gasteiger charge is -2.10. The highest BCUT2D eigenvalue weighted by molar-refractivity contribution is 8.26. The minimum atomic E-state index is -1.02. The second-order valence-corrected chi connectivity index (χ2v) is 6.27. The van der Waals surface area contributed by atoms with E-state index >= 15 is 0 Å². The molecular weight excluding hydrogens is 322 g/mol. The Kier molecular flexibility index (Phi) is 5.20. The molecule has 0 spiro atoms. The van der Waals surface area contributed by atoms with Crippen molar-refractivity contribution in [3.05, 3.63) is 34.7 Å². The number of hydrogen-bond acceptors (Lipinski definition) is 5. The second kappa shape index (κ2) is 6.93. The third kappa shape index (κ3) is 3.66. The van der Waals surface area contributed by atoms with Crippen molar-refractivity contribution in [2.45, 2.75) is 20.0 Å². The monoisotopic (exact) mass is 337 g/mol. The van der Waals surface area contributed by atoms with Crippen LogP contribution in [-0.4, -0.2) is 38.9 Å². The van der Waals surface area contributed by atoms with Crippen LogP contribution in [0, 0.1) is 0 Å². The minimum Gasteiger partial charge on any atom is -0.479 e. The lowest BCUT2D eigenvalue weighted by Crippen LogP contribution is -2.27. The first-order chi connectivity index (χ1) is 10.4. The van der Waals surface area contributed by atoms with Crippen LogP contribution in [0.3, 0.4) is 0 Å². The zero-order valence-corrected chi connectivity index (χ0v) is 13.7. The molecule has 1 unspecified atom stereocenters. The number of carbonyl (C=O) groups is 2. The molecule has 1 aromatic carbocycles. The van der Waals surface area contributed by atoms with Crippen LogP contribution in [0.25, 0.3) is 6.08 Å². The molecule has 0 aromatic heterocycles. The average molecular weight is 337 g/mol. The highest BCUT2D eigenvalue weighted by Gasteiger charge is 2.30. The number of aliphatic carboxylic acids is 1. The fourth-order valence-corrected chi connectivity index (χ4v) is 3.21. The molecule has 1 aliphatic heterocycles. The van der Waals surface area contributed by atoms with E-state index in [1.807, 2.05) is 6.92 Å². The van der Waals surface area contributed by atoms with Gasteiger partial charge in [-0.1, -0.05) is 36.1 Å². The molecular formula is C15H15NO4S2. The summed E-state index contributed by atoms with van der Waals surface area (Å²) in [5, 5.41) is 8.80. The van der Waals surface area contributed by atoms with Crippen molar-refractivity contribution in [3.8, 4) is 5.75 Å². The first kappa shape index (κ1) is 16.5. The third-order valence-corrected chi connectivity index (χ3v) is 4.41. The maximum absolute atomic E-state index is 12.1. The number of benzene rings is 1. The zero-order valence-electron chi connectivity index (χ0n) is 12.1. The summed E-state index contributed by atoms with van der Waals surface area (Å²) in [5.74, 6) is -0.641.